The number of amides is 4. The smallest absolute Gasteiger partial charge is 0.317 e. The van der Waals surface area contributed by atoms with E-state index in [0.29, 0.717) is 24.2 Å². The second-order valence-electron chi connectivity index (χ2n) is 10.8. The molecule has 0 spiro atoms. The van der Waals surface area contributed by atoms with Gasteiger partial charge in [-0.3, -0.25) is 9.59 Å². The van der Waals surface area contributed by atoms with Crippen LogP contribution in [-0.4, -0.2) is 91.1 Å². The van der Waals surface area contributed by atoms with Gasteiger partial charge >= 0.3 is 6.03 Å². The third kappa shape index (κ3) is 6.38. The van der Waals surface area contributed by atoms with Crippen LogP contribution in [0.2, 0.25) is 0 Å². The molecule has 1 aliphatic carbocycles. The number of nitrogens with one attached hydrogen (secondary N) is 2. The van der Waals surface area contributed by atoms with Crippen molar-refractivity contribution in [1.82, 2.24) is 25.3 Å². The van der Waals surface area contributed by atoms with Gasteiger partial charge in [-0.25, -0.2) is 13.6 Å². The standard InChI is InChI=1S/C29H35F2N5O3/c1-34-11-13-35(14-12-34)29(39)32-17-26(37)36-18-22(30)16-25(36)28(38)33-27(20-5-3-2-4-6-20)21-9-10-23(19-7-8-19)24(31)15-21/h2-6,9-10,15,19,22,25,27H,7-8,11-14,16-18H2,1H3,(H,32,39)(H,33,38)/t22-,25+,27+/m1/s1. The van der Waals surface area contributed by atoms with Crippen molar-refractivity contribution in [2.75, 3.05) is 46.3 Å². The fourth-order valence-corrected chi connectivity index (χ4v) is 5.37. The van der Waals surface area contributed by atoms with Crippen LogP contribution in [0.5, 0.6) is 0 Å². The van der Waals surface area contributed by atoms with Crippen molar-refractivity contribution in [2.45, 2.75) is 43.4 Å². The Balaban J connectivity index is 1.27. The highest BCUT2D eigenvalue weighted by atomic mass is 19.1. The third-order valence-corrected chi connectivity index (χ3v) is 7.85. The predicted octanol–water partition coefficient (Wildman–Crippen LogP) is 2.80. The van der Waals surface area contributed by atoms with Gasteiger partial charge in [-0.15, -0.1) is 0 Å². The maximum absolute atomic E-state index is 14.9. The Morgan fingerprint density at radius 2 is 1.72 bits per heavy atom. The van der Waals surface area contributed by atoms with Gasteiger partial charge in [0, 0.05) is 32.6 Å². The predicted molar refractivity (Wildman–Crippen MR) is 142 cm³/mol. The fourth-order valence-electron chi connectivity index (χ4n) is 5.37. The van der Waals surface area contributed by atoms with E-state index in [1.54, 1.807) is 11.0 Å². The average molecular weight is 540 g/mol. The molecule has 0 radical (unpaired) electrons. The minimum Gasteiger partial charge on any atom is -0.343 e. The molecule has 3 aliphatic rings. The van der Waals surface area contributed by atoms with Crippen molar-refractivity contribution < 1.29 is 23.2 Å². The van der Waals surface area contributed by atoms with E-state index >= 15 is 0 Å². The SMILES string of the molecule is CN1CCN(C(=O)NCC(=O)N2C[C@H](F)C[C@H]2C(=O)N[C@@H](c2ccccc2)c2ccc(C3CC3)c(F)c2)CC1. The Morgan fingerprint density at radius 3 is 2.38 bits per heavy atom. The lowest BCUT2D eigenvalue weighted by atomic mass is 9.96. The first-order valence-corrected chi connectivity index (χ1v) is 13.6. The molecule has 4 amide bonds. The van der Waals surface area contributed by atoms with Crippen LogP contribution in [0, 0.1) is 5.82 Å². The third-order valence-electron chi connectivity index (χ3n) is 7.85. The molecule has 2 aromatic rings. The quantitative estimate of drug-likeness (QED) is 0.567. The second-order valence-corrected chi connectivity index (χ2v) is 10.8. The first kappa shape index (κ1) is 27.1. The van der Waals surface area contributed by atoms with E-state index in [-0.39, 0.29) is 37.3 Å². The highest BCUT2D eigenvalue weighted by molar-refractivity contribution is 5.91. The number of hydrogen-bond acceptors (Lipinski definition) is 4. The molecule has 5 rings (SSSR count). The summed E-state index contributed by atoms with van der Waals surface area (Å²) < 4.78 is 29.4. The molecule has 1 saturated carbocycles. The largest absolute Gasteiger partial charge is 0.343 e. The maximum Gasteiger partial charge on any atom is 0.317 e. The fraction of sp³-hybridized carbons (Fsp3) is 0.483. The first-order chi connectivity index (χ1) is 18.8. The van der Waals surface area contributed by atoms with Crippen molar-refractivity contribution in [3.8, 4) is 0 Å². The lowest BCUT2D eigenvalue weighted by Gasteiger charge is -2.32. The number of hydrogen-bond donors (Lipinski definition) is 2. The van der Waals surface area contributed by atoms with E-state index in [4.69, 9.17) is 0 Å². The minimum absolute atomic E-state index is 0.138. The molecule has 39 heavy (non-hydrogen) atoms. The number of benzene rings is 2. The van der Waals surface area contributed by atoms with Crippen molar-refractivity contribution in [1.29, 1.82) is 0 Å². The van der Waals surface area contributed by atoms with E-state index in [2.05, 4.69) is 15.5 Å². The summed E-state index contributed by atoms with van der Waals surface area (Å²) in [5.74, 6) is -1.09. The number of alkyl halides is 1. The van der Waals surface area contributed by atoms with Crippen molar-refractivity contribution in [3.63, 3.8) is 0 Å². The highest BCUT2D eigenvalue weighted by Gasteiger charge is 2.40. The summed E-state index contributed by atoms with van der Waals surface area (Å²) in [6.07, 6.45) is 0.450. The molecule has 3 fully saturated rings. The summed E-state index contributed by atoms with van der Waals surface area (Å²) in [5, 5.41) is 5.56. The molecule has 3 atom stereocenters. The van der Waals surface area contributed by atoms with E-state index in [9.17, 15) is 23.2 Å². The molecular weight excluding hydrogens is 504 g/mol. The van der Waals surface area contributed by atoms with Crippen molar-refractivity contribution in [2.24, 2.45) is 0 Å². The van der Waals surface area contributed by atoms with Crippen LogP contribution in [0.15, 0.2) is 48.5 Å². The van der Waals surface area contributed by atoms with E-state index in [1.165, 1.54) is 11.0 Å². The number of urea groups is 1. The number of likely N-dealkylation sites (N-methyl/N-ethyl adjacent to an activating group) is 1. The molecule has 2 saturated heterocycles. The van der Waals surface area contributed by atoms with Gasteiger partial charge in [0.2, 0.25) is 11.8 Å². The van der Waals surface area contributed by atoms with Gasteiger partial charge in [0.1, 0.15) is 18.0 Å². The van der Waals surface area contributed by atoms with Gasteiger partial charge in [-0.1, -0.05) is 42.5 Å². The van der Waals surface area contributed by atoms with Crippen LogP contribution in [-0.2, 0) is 9.59 Å². The Labute approximate surface area is 227 Å². The van der Waals surface area contributed by atoms with Crippen molar-refractivity contribution >= 4 is 17.8 Å². The van der Waals surface area contributed by atoms with Gasteiger partial charge in [0.25, 0.3) is 0 Å². The van der Waals surface area contributed by atoms with Crippen molar-refractivity contribution in [3.05, 3.63) is 71.0 Å². The number of likely N-dealkylation sites (tertiary alicyclic amines) is 1. The van der Waals surface area contributed by atoms with Gasteiger partial charge in [-0.05, 0) is 48.6 Å². The Hall–Kier alpha value is -3.53. The second kappa shape index (κ2) is 11.7. The zero-order valence-electron chi connectivity index (χ0n) is 22.1. The summed E-state index contributed by atoms with van der Waals surface area (Å²) in [4.78, 5) is 43.9. The highest BCUT2D eigenvalue weighted by Crippen LogP contribution is 2.42. The van der Waals surface area contributed by atoms with Crippen LogP contribution in [0.1, 0.15) is 47.9 Å². The summed E-state index contributed by atoms with van der Waals surface area (Å²) in [6.45, 7) is 2.06. The lowest BCUT2D eigenvalue weighted by molar-refractivity contribution is -0.137. The number of nitrogens with zero attached hydrogens (tertiary/aromatic N) is 3. The average Bonchev–Trinajstić information content (AvgIpc) is 3.70. The Bertz CT molecular complexity index is 1200. The molecule has 8 nitrogen and oxygen atoms in total. The Morgan fingerprint density at radius 1 is 1.00 bits per heavy atom. The van der Waals surface area contributed by atoms with Gasteiger partial charge < -0.3 is 25.3 Å². The molecular formula is C29H35F2N5O3. The van der Waals surface area contributed by atoms with Gasteiger partial charge in [-0.2, -0.15) is 0 Å². The topological polar surface area (TPSA) is 85.0 Å². The lowest BCUT2D eigenvalue weighted by Crippen LogP contribution is -2.53. The number of carbonyl (C=O) groups excluding carboxylic acids is 3. The number of piperazine rings is 1. The van der Waals surface area contributed by atoms with Crippen LogP contribution >= 0.6 is 0 Å². The number of halogens is 2. The normalized spacial score (nSPS) is 22.4. The summed E-state index contributed by atoms with van der Waals surface area (Å²) in [5.41, 5.74) is 2.00. The molecule has 10 heteroatoms. The monoisotopic (exact) mass is 539 g/mol. The minimum atomic E-state index is -1.36. The van der Waals surface area contributed by atoms with Gasteiger partial charge in [0.15, 0.2) is 0 Å². The number of carbonyl (C=O) groups is 3. The summed E-state index contributed by atoms with van der Waals surface area (Å²) in [6, 6.07) is 12.2. The van der Waals surface area contributed by atoms with Crippen LogP contribution in [0.25, 0.3) is 0 Å². The van der Waals surface area contributed by atoms with E-state index < -0.39 is 30.1 Å². The Kier molecular flexibility index (Phi) is 8.11. The molecule has 208 valence electrons. The molecule has 0 unspecified atom stereocenters. The molecule has 2 aliphatic heterocycles. The van der Waals surface area contributed by atoms with Crippen LogP contribution in [0.3, 0.4) is 0 Å². The van der Waals surface area contributed by atoms with Crippen LogP contribution < -0.4 is 10.6 Å². The molecule has 2 aromatic carbocycles. The molecule has 0 bridgehead atoms. The summed E-state index contributed by atoms with van der Waals surface area (Å²) >= 11 is 0. The molecule has 2 N–H and O–H groups in total. The zero-order valence-corrected chi connectivity index (χ0v) is 22.1. The number of rotatable bonds is 7. The summed E-state index contributed by atoms with van der Waals surface area (Å²) in [7, 11) is 1.98. The van der Waals surface area contributed by atoms with E-state index in [1.807, 2.05) is 43.4 Å². The maximum atomic E-state index is 14.9. The van der Waals surface area contributed by atoms with Gasteiger partial charge in [0.05, 0.1) is 19.1 Å². The zero-order chi connectivity index (χ0) is 27.5. The van der Waals surface area contributed by atoms with Crippen LogP contribution in [0.4, 0.5) is 13.6 Å². The first-order valence-electron chi connectivity index (χ1n) is 13.6. The van der Waals surface area contributed by atoms with E-state index in [0.717, 1.165) is 31.5 Å². The molecule has 0 aromatic heterocycles. The molecule has 2 heterocycles.